The number of para-hydroxylation sites is 1. The van der Waals surface area contributed by atoms with Crippen molar-refractivity contribution in [3.05, 3.63) is 53.6 Å². The average Bonchev–Trinajstić information content (AvgIpc) is 2.90. The van der Waals surface area contributed by atoms with Crippen LogP contribution in [0.2, 0.25) is 0 Å². The maximum Gasteiger partial charge on any atom is 0.247 e. The molecule has 6 nitrogen and oxygen atoms in total. The fraction of sp³-hybridized carbons (Fsp3) is 0.318. The summed E-state index contributed by atoms with van der Waals surface area (Å²) >= 11 is 1.61. The van der Waals surface area contributed by atoms with Gasteiger partial charge in [-0.25, -0.2) is 0 Å². The maximum atomic E-state index is 6.32. The SMILES string of the molecule is CCCCSc1nnc2c(n1)O[C@@H](c1ccc(OC)c(C)c1)Nc1ccccc1-2. The van der Waals surface area contributed by atoms with E-state index in [1.807, 2.05) is 43.3 Å². The van der Waals surface area contributed by atoms with Gasteiger partial charge in [-0.2, -0.15) is 4.98 Å². The second-order valence-electron chi connectivity index (χ2n) is 6.87. The van der Waals surface area contributed by atoms with E-state index in [-0.39, 0.29) is 0 Å². The maximum absolute atomic E-state index is 6.32. The second-order valence-corrected chi connectivity index (χ2v) is 7.93. The third kappa shape index (κ3) is 4.15. The van der Waals surface area contributed by atoms with Crippen LogP contribution in [0.1, 0.15) is 37.1 Å². The van der Waals surface area contributed by atoms with Gasteiger partial charge in [-0.05, 0) is 43.2 Å². The van der Waals surface area contributed by atoms with Gasteiger partial charge in [0.05, 0.1) is 7.11 Å². The van der Waals surface area contributed by atoms with Crippen molar-refractivity contribution in [1.82, 2.24) is 15.2 Å². The number of ether oxygens (including phenoxy) is 2. The predicted molar refractivity (Wildman–Crippen MR) is 116 cm³/mol. The van der Waals surface area contributed by atoms with Crippen LogP contribution in [-0.2, 0) is 0 Å². The number of nitrogens with zero attached hydrogens (tertiary/aromatic N) is 3. The van der Waals surface area contributed by atoms with Crippen LogP contribution in [0, 0.1) is 6.92 Å². The van der Waals surface area contributed by atoms with Gasteiger partial charge >= 0.3 is 0 Å². The molecule has 29 heavy (non-hydrogen) atoms. The summed E-state index contributed by atoms with van der Waals surface area (Å²) in [5, 5.41) is 12.9. The largest absolute Gasteiger partial charge is 0.496 e. The van der Waals surface area contributed by atoms with Crippen LogP contribution in [0.3, 0.4) is 0 Å². The van der Waals surface area contributed by atoms with Crippen molar-refractivity contribution >= 4 is 17.4 Å². The predicted octanol–water partition coefficient (Wildman–Crippen LogP) is 5.25. The lowest BCUT2D eigenvalue weighted by atomic mass is 10.1. The van der Waals surface area contributed by atoms with Crippen LogP contribution in [0.4, 0.5) is 5.69 Å². The van der Waals surface area contributed by atoms with Gasteiger partial charge in [0.2, 0.25) is 11.0 Å². The Kier molecular flexibility index (Phi) is 5.85. The van der Waals surface area contributed by atoms with Gasteiger partial charge in [0.15, 0.2) is 11.9 Å². The van der Waals surface area contributed by atoms with E-state index >= 15 is 0 Å². The van der Waals surface area contributed by atoms with E-state index in [0.29, 0.717) is 16.7 Å². The van der Waals surface area contributed by atoms with Gasteiger partial charge in [-0.15, -0.1) is 10.2 Å². The van der Waals surface area contributed by atoms with Gasteiger partial charge in [0.25, 0.3) is 0 Å². The minimum Gasteiger partial charge on any atom is -0.496 e. The number of rotatable bonds is 6. The number of benzene rings is 2. The highest BCUT2D eigenvalue weighted by Gasteiger charge is 2.26. The number of thioether (sulfide) groups is 1. The quantitative estimate of drug-likeness (QED) is 0.441. The van der Waals surface area contributed by atoms with Crippen LogP contribution < -0.4 is 14.8 Å². The molecule has 0 saturated carbocycles. The number of hydrogen-bond acceptors (Lipinski definition) is 7. The highest BCUT2D eigenvalue weighted by atomic mass is 32.2. The molecular weight excluding hydrogens is 384 g/mol. The van der Waals surface area contributed by atoms with Crippen LogP contribution in [0.15, 0.2) is 47.6 Å². The summed E-state index contributed by atoms with van der Waals surface area (Å²) in [6, 6.07) is 14.0. The highest BCUT2D eigenvalue weighted by Crippen LogP contribution is 2.39. The molecule has 0 saturated heterocycles. The first kappa shape index (κ1) is 19.5. The molecular formula is C22H24N4O2S. The molecule has 150 valence electrons. The molecule has 1 N–H and O–H groups in total. The lowest BCUT2D eigenvalue weighted by molar-refractivity contribution is 0.225. The van der Waals surface area contributed by atoms with Crippen LogP contribution >= 0.6 is 11.8 Å². The van der Waals surface area contributed by atoms with E-state index in [1.165, 1.54) is 0 Å². The highest BCUT2D eigenvalue weighted by molar-refractivity contribution is 7.99. The Balaban J connectivity index is 1.73. The fourth-order valence-corrected chi connectivity index (χ4v) is 4.09. The molecule has 0 spiro atoms. The lowest BCUT2D eigenvalue weighted by Crippen LogP contribution is -2.17. The Labute approximate surface area is 175 Å². The zero-order valence-corrected chi connectivity index (χ0v) is 17.6. The molecule has 1 aromatic heterocycles. The summed E-state index contributed by atoms with van der Waals surface area (Å²) in [7, 11) is 1.68. The summed E-state index contributed by atoms with van der Waals surface area (Å²) < 4.78 is 11.7. The second kappa shape index (κ2) is 8.69. The Bertz CT molecular complexity index is 1010. The Hall–Kier alpha value is -2.80. The number of nitrogens with one attached hydrogen (secondary N) is 1. The lowest BCUT2D eigenvalue weighted by Gasteiger charge is -2.20. The molecule has 1 aliphatic heterocycles. The molecule has 4 rings (SSSR count). The molecule has 0 radical (unpaired) electrons. The molecule has 0 unspecified atom stereocenters. The average molecular weight is 409 g/mol. The fourth-order valence-electron chi connectivity index (χ4n) is 3.23. The third-order valence-corrected chi connectivity index (χ3v) is 5.71. The molecule has 0 bridgehead atoms. The number of aromatic nitrogens is 3. The number of fused-ring (bicyclic) bond motifs is 3. The zero-order chi connectivity index (χ0) is 20.2. The Morgan fingerprint density at radius 3 is 2.83 bits per heavy atom. The Morgan fingerprint density at radius 1 is 1.17 bits per heavy atom. The van der Waals surface area contributed by atoms with Crippen molar-refractivity contribution in [2.75, 3.05) is 18.2 Å². The number of anilines is 1. The topological polar surface area (TPSA) is 69.2 Å². The van der Waals surface area contributed by atoms with Gasteiger partial charge in [-0.1, -0.05) is 43.3 Å². The summed E-state index contributed by atoms with van der Waals surface area (Å²) in [4.78, 5) is 4.68. The van der Waals surface area contributed by atoms with Crippen molar-refractivity contribution in [2.24, 2.45) is 0 Å². The first-order valence-corrected chi connectivity index (χ1v) is 10.7. The number of aryl methyl sites for hydroxylation is 1. The molecule has 2 aromatic carbocycles. The zero-order valence-electron chi connectivity index (χ0n) is 16.8. The van der Waals surface area contributed by atoms with Crippen LogP contribution in [0.25, 0.3) is 11.3 Å². The van der Waals surface area contributed by atoms with Crippen molar-refractivity contribution < 1.29 is 9.47 Å². The minimum absolute atomic E-state index is 0.396. The van der Waals surface area contributed by atoms with Crippen molar-refractivity contribution in [2.45, 2.75) is 38.1 Å². The van der Waals surface area contributed by atoms with Crippen molar-refractivity contribution in [1.29, 1.82) is 0 Å². The molecule has 0 aliphatic carbocycles. The Morgan fingerprint density at radius 2 is 2.03 bits per heavy atom. The monoisotopic (exact) mass is 408 g/mol. The first-order valence-electron chi connectivity index (χ1n) is 9.74. The molecule has 1 aliphatic rings. The van der Waals surface area contributed by atoms with Crippen LogP contribution in [-0.4, -0.2) is 28.0 Å². The number of methoxy groups -OCH3 is 1. The number of hydrogen-bond donors (Lipinski definition) is 1. The van der Waals surface area contributed by atoms with E-state index in [9.17, 15) is 0 Å². The molecule has 0 amide bonds. The van der Waals surface area contributed by atoms with Gasteiger partial charge < -0.3 is 14.8 Å². The summed E-state index contributed by atoms with van der Waals surface area (Å²) in [5.41, 5.74) is 4.56. The first-order chi connectivity index (χ1) is 14.2. The smallest absolute Gasteiger partial charge is 0.247 e. The molecule has 1 atom stereocenters. The molecule has 3 aromatic rings. The minimum atomic E-state index is -0.396. The summed E-state index contributed by atoms with van der Waals surface area (Å²) in [6.45, 7) is 4.19. The number of unbranched alkanes of at least 4 members (excludes halogenated alkanes) is 1. The summed E-state index contributed by atoms with van der Waals surface area (Å²) in [5.74, 6) is 2.31. The standard InChI is InChI=1S/C22H24N4O2S/c1-4-5-12-29-22-24-21-19(25-26-22)16-8-6-7-9-17(16)23-20(28-21)15-10-11-18(27-3)14(2)13-15/h6-11,13,20,23H,4-5,12H2,1-3H3/t20-/m0/s1. The molecule has 0 fully saturated rings. The van der Waals surface area contributed by atoms with Gasteiger partial charge in [-0.3, -0.25) is 0 Å². The van der Waals surface area contributed by atoms with Gasteiger partial charge in [0, 0.05) is 22.6 Å². The molecule has 7 heteroatoms. The van der Waals surface area contributed by atoms with E-state index in [2.05, 4.69) is 33.5 Å². The van der Waals surface area contributed by atoms with Crippen molar-refractivity contribution in [3.63, 3.8) is 0 Å². The van der Waals surface area contributed by atoms with Crippen LogP contribution in [0.5, 0.6) is 11.6 Å². The van der Waals surface area contributed by atoms with Gasteiger partial charge in [0.1, 0.15) is 5.75 Å². The van der Waals surface area contributed by atoms with E-state index in [0.717, 1.165) is 46.7 Å². The van der Waals surface area contributed by atoms with E-state index in [1.54, 1.807) is 18.9 Å². The van der Waals surface area contributed by atoms with E-state index in [4.69, 9.17) is 9.47 Å². The van der Waals surface area contributed by atoms with Crippen molar-refractivity contribution in [3.8, 4) is 22.9 Å². The molecule has 2 heterocycles. The third-order valence-electron chi connectivity index (χ3n) is 4.78. The summed E-state index contributed by atoms with van der Waals surface area (Å²) in [6.07, 6.45) is 1.86. The normalized spacial score (nSPS) is 14.8. The van der Waals surface area contributed by atoms with E-state index < -0.39 is 6.23 Å².